The van der Waals surface area contributed by atoms with Crippen molar-refractivity contribution in [2.75, 3.05) is 12.4 Å². The topological polar surface area (TPSA) is 64.6 Å². The fourth-order valence-corrected chi connectivity index (χ4v) is 2.09. The lowest BCUT2D eigenvalue weighted by atomic mass is 9.97. The first kappa shape index (κ1) is 18.8. The van der Waals surface area contributed by atoms with Gasteiger partial charge in [0.1, 0.15) is 0 Å². The molecule has 0 aromatic heterocycles. The monoisotopic (exact) mass is 361 g/mol. The van der Waals surface area contributed by atoms with E-state index in [1.54, 1.807) is 57.2 Å². The van der Waals surface area contributed by atoms with Crippen LogP contribution in [-0.2, 0) is 4.79 Å². The summed E-state index contributed by atoms with van der Waals surface area (Å²) in [6, 6.07) is 11.5. The Balaban J connectivity index is 2.27. The van der Waals surface area contributed by atoms with Gasteiger partial charge in [0.25, 0.3) is 5.91 Å². The highest BCUT2D eigenvalue weighted by atomic mass is 35.5. The van der Waals surface area contributed by atoms with E-state index in [4.69, 9.17) is 21.1 Å². The zero-order valence-electron chi connectivity index (χ0n) is 14.6. The summed E-state index contributed by atoms with van der Waals surface area (Å²) in [6.07, 6.45) is 0. The van der Waals surface area contributed by atoms with Gasteiger partial charge in [-0.3, -0.25) is 9.59 Å². The molecule has 1 amide bonds. The first-order valence-corrected chi connectivity index (χ1v) is 8.06. The first-order valence-electron chi connectivity index (χ1n) is 7.68. The van der Waals surface area contributed by atoms with E-state index in [0.717, 1.165) is 0 Å². The van der Waals surface area contributed by atoms with Crippen LogP contribution in [-0.4, -0.2) is 19.0 Å². The van der Waals surface area contributed by atoms with Gasteiger partial charge in [-0.05, 0) is 51.1 Å². The van der Waals surface area contributed by atoms with Crippen LogP contribution >= 0.6 is 11.6 Å². The minimum atomic E-state index is -0.680. The van der Waals surface area contributed by atoms with E-state index in [-0.39, 0.29) is 11.7 Å². The van der Waals surface area contributed by atoms with Gasteiger partial charge < -0.3 is 14.8 Å². The molecule has 0 saturated heterocycles. The van der Waals surface area contributed by atoms with E-state index in [1.807, 2.05) is 0 Å². The Kier molecular flexibility index (Phi) is 5.69. The van der Waals surface area contributed by atoms with Crippen LogP contribution in [0.1, 0.15) is 31.1 Å². The Morgan fingerprint density at radius 1 is 1.04 bits per heavy atom. The summed E-state index contributed by atoms with van der Waals surface area (Å²) in [5, 5.41) is 3.16. The van der Waals surface area contributed by atoms with Gasteiger partial charge in [0.2, 0.25) is 0 Å². The Morgan fingerprint density at radius 2 is 1.72 bits per heavy atom. The van der Waals surface area contributed by atoms with Crippen molar-refractivity contribution >= 4 is 29.2 Å². The van der Waals surface area contributed by atoms with E-state index in [0.29, 0.717) is 22.0 Å². The van der Waals surface area contributed by atoms with Crippen molar-refractivity contribution < 1.29 is 19.1 Å². The molecule has 0 fully saturated rings. The third-order valence-electron chi connectivity index (χ3n) is 3.36. The van der Waals surface area contributed by atoms with Gasteiger partial charge >= 0.3 is 5.97 Å². The maximum absolute atomic E-state index is 12.4. The van der Waals surface area contributed by atoms with Crippen molar-refractivity contribution in [3.8, 4) is 11.5 Å². The molecule has 132 valence electrons. The number of para-hydroxylation sites is 1. The molecule has 0 spiro atoms. The second-order valence-electron chi connectivity index (χ2n) is 6.44. The molecule has 1 N–H and O–H groups in total. The van der Waals surface area contributed by atoms with Crippen LogP contribution in [0.2, 0.25) is 5.02 Å². The first-order chi connectivity index (χ1) is 11.7. The maximum Gasteiger partial charge on any atom is 0.316 e. The summed E-state index contributed by atoms with van der Waals surface area (Å²) >= 11 is 6.05. The molecule has 2 aromatic rings. The van der Waals surface area contributed by atoms with Crippen LogP contribution in [0.5, 0.6) is 11.5 Å². The molecule has 2 aromatic carbocycles. The minimum absolute atomic E-state index is 0.189. The molecule has 0 saturated carbocycles. The van der Waals surface area contributed by atoms with Crippen molar-refractivity contribution in [1.82, 2.24) is 0 Å². The normalized spacial score (nSPS) is 10.9. The lowest BCUT2D eigenvalue weighted by Crippen LogP contribution is -2.26. The molecule has 0 unspecified atom stereocenters. The van der Waals surface area contributed by atoms with Gasteiger partial charge in [-0.25, -0.2) is 0 Å². The van der Waals surface area contributed by atoms with E-state index in [9.17, 15) is 9.59 Å². The molecule has 0 heterocycles. The van der Waals surface area contributed by atoms with Gasteiger partial charge in [0, 0.05) is 5.56 Å². The van der Waals surface area contributed by atoms with Crippen LogP contribution in [0.4, 0.5) is 5.69 Å². The van der Waals surface area contributed by atoms with Crippen molar-refractivity contribution in [3.63, 3.8) is 0 Å². The van der Waals surface area contributed by atoms with Crippen LogP contribution < -0.4 is 14.8 Å². The van der Waals surface area contributed by atoms with E-state index in [1.165, 1.54) is 13.2 Å². The number of esters is 1. The van der Waals surface area contributed by atoms with Crippen LogP contribution in [0.25, 0.3) is 0 Å². The third kappa shape index (κ3) is 4.73. The van der Waals surface area contributed by atoms with Gasteiger partial charge in [0.05, 0.1) is 23.2 Å². The number of benzene rings is 2. The summed E-state index contributed by atoms with van der Waals surface area (Å²) in [4.78, 5) is 24.6. The fourth-order valence-electron chi connectivity index (χ4n) is 1.91. The molecular weight excluding hydrogens is 342 g/mol. The molecule has 5 nitrogen and oxygen atoms in total. The van der Waals surface area contributed by atoms with Crippen LogP contribution in [0.3, 0.4) is 0 Å². The Labute approximate surface area is 151 Å². The fraction of sp³-hybridized carbons (Fsp3) is 0.263. The largest absolute Gasteiger partial charge is 0.493 e. The number of hydrogen-bond acceptors (Lipinski definition) is 4. The molecule has 0 aliphatic rings. The highest BCUT2D eigenvalue weighted by Crippen LogP contribution is 2.31. The molecular formula is C19H20ClNO4. The Hall–Kier alpha value is -2.53. The number of ether oxygens (including phenoxy) is 2. The Morgan fingerprint density at radius 3 is 2.32 bits per heavy atom. The smallest absolute Gasteiger partial charge is 0.316 e. The molecule has 0 radical (unpaired) electrons. The molecule has 0 aliphatic heterocycles. The summed E-state index contributed by atoms with van der Waals surface area (Å²) in [5.41, 5.74) is 0.136. The van der Waals surface area contributed by atoms with Crippen LogP contribution in [0.15, 0.2) is 42.5 Å². The predicted molar refractivity (Wildman–Crippen MR) is 97.5 cm³/mol. The average molecular weight is 362 g/mol. The van der Waals surface area contributed by atoms with Gasteiger partial charge in [0.15, 0.2) is 11.5 Å². The predicted octanol–water partition coefficient (Wildman–Crippen LogP) is 4.55. The molecule has 25 heavy (non-hydrogen) atoms. The van der Waals surface area contributed by atoms with Gasteiger partial charge in [-0.1, -0.05) is 23.7 Å². The third-order valence-corrected chi connectivity index (χ3v) is 3.69. The molecule has 6 heteroatoms. The quantitative estimate of drug-likeness (QED) is 0.640. The number of rotatable bonds is 4. The number of anilines is 1. The van der Waals surface area contributed by atoms with Crippen molar-refractivity contribution in [3.05, 3.63) is 53.1 Å². The Bertz CT molecular complexity index is 796. The summed E-state index contributed by atoms with van der Waals surface area (Å²) in [6.45, 7) is 5.24. The average Bonchev–Trinajstić information content (AvgIpc) is 2.56. The summed E-state index contributed by atoms with van der Waals surface area (Å²) in [7, 11) is 1.47. The molecule has 0 bridgehead atoms. The minimum Gasteiger partial charge on any atom is -0.493 e. The highest BCUT2D eigenvalue weighted by molar-refractivity contribution is 6.33. The number of halogens is 1. The number of amides is 1. The lowest BCUT2D eigenvalue weighted by Gasteiger charge is -2.18. The number of carbonyl (C=O) groups is 2. The molecule has 2 rings (SSSR count). The summed E-state index contributed by atoms with van der Waals surface area (Å²) in [5.74, 6) is -0.237. The second-order valence-corrected chi connectivity index (χ2v) is 6.85. The number of hydrogen-bond donors (Lipinski definition) is 1. The lowest BCUT2D eigenvalue weighted by molar-refractivity contribution is -0.143. The van der Waals surface area contributed by atoms with Crippen LogP contribution in [0, 0.1) is 5.41 Å². The van der Waals surface area contributed by atoms with Gasteiger partial charge in [-0.15, -0.1) is 0 Å². The van der Waals surface area contributed by atoms with E-state index < -0.39 is 11.4 Å². The maximum atomic E-state index is 12.4. The number of carbonyl (C=O) groups excluding carboxylic acids is 2. The van der Waals surface area contributed by atoms with E-state index >= 15 is 0 Å². The molecule has 0 aliphatic carbocycles. The highest BCUT2D eigenvalue weighted by Gasteiger charge is 2.25. The second kappa shape index (κ2) is 7.57. The van der Waals surface area contributed by atoms with Gasteiger partial charge in [-0.2, -0.15) is 0 Å². The standard InChI is InChI=1S/C19H20ClNO4/c1-19(2,3)18(23)25-16-11-12(9-10-15(16)24-4)17(22)21-14-8-6-5-7-13(14)20/h5-11H,1-4H3,(H,21,22). The van der Waals surface area contributed by atoms with Crippen molar-refractivity contribution in [2.45, 2.75) is 20.8 Å². The summed E-state index contributed by atoms with van der Waals surface area (Å²) < 4.78 is 10.6. The van der Waals surface area contributed by atoms with E-state index in [2.05, 4.69) is 5.32 Å². The number of nitrogens with one attached hydrogen (secondary N) is 1. The zero-order valence-corrected chi connectivity index (χ0v) is 15.3. The number of methoxy groups -OCH3 is 1. The van der Waals surface area contributed by atoms with Crippen molar-refractivity contribution in [2.24, 2.45) is 5.41 Å². The molecule has 0 atom stereocenters. The van der Waals surface area contributed by atoms with Crippen molar-refractivity contribution in [1.29, 1.82) is 0 Å². The zero-order chi connectivity index (χ0) is 18.6. The SMILES string of the molecule is COc1ccc(C(=O)Nc2ccccc2Cl)cc1OC(=O)C(C)(C)C.